The summed E-state index contributed by atoms with van der Waals surface area (Å²) < 4.78 is 0. The van der Waals surface area contributed by atoms with Crippen molar-refractivity contribution in [2.75, 3.05) is 0 Å². The molecule has 0 spiro atoms. The van der Waals surface area contributed by atoms with Crippen LogP contribution in [0.1, 0.15) is 43.6 Å². The van der Waals surface area contributed by atoms with E-state index in [1.807, 2.05) is 0 Å². The molecule has 3 atom stereocenters. The summed E-state index contributed by atoms with van der Waals surface area (Å²) in [5.41, 5.74) is 7.43. The van der Waals surface area contributed by atoms with Crippen LogP contribution in [0.3, 0.4) is 0 Å². The van der Waals surface area contributed by atoms with Gasteiger partial charge in [0.05, 0.1) is 0 Å². The van der Waals surface area contributed by atoms with Gasteiger partial charge in [-0.05, 0) is 122 Å². The molecule has 0 radical (unpaired) electrons. The Bertz CT molecular complexity index is 1810. The van der Waals surface area contributed by atoms with Crippen LogP contribution < -0.4 is 0 Å². The highest BCUT2D eigenvalue weighted by molar-refractivity contribution is 6.14. The average Bonchev–Trinajstić information content (AvgIpc) is 2.99. The van der Waals surface area contributed by atoms with Crippen molar-refractivity contribution in [3.63, 3.8) is 0 Å². The molecule has 0 aromatic heterocycles. The monoisotopic (exact) mass is 488 g/mol. The zero-order valence-corrected chi connectivity index (χ0v) is 21.7. The minimum Gasteiger partial charge on any atom is -0.0842 e. The summed E-state index contributed by atoms with van der Waals surface area (Å²) in [5.74, 6) is 1.98. The van der Waals surface area contributed by atoms with E-state index in [1.165, 1.54) is 81.1 Å². The Labute approximate surface area is 225 Å². The Morgan fingerprint density at radius 1 is 0.526 bits per heavy atom. The van der Waals surface area contributed by atoms with E-state index in [1.54, 1.807) is 11.1 Å². The first-order chi connectivity index (χ1) is 18.8. The minimum absolute atomic E-state index is 0.616. The molecule has 0 heterocycles. The van der Waals surface area contributed by atoms with Gasteiger partial charge in [-0.1, -0.05) is 103 Å². The molecule has 5 aromatic carbocycles. The lowest BCUT2D eigenvalue weighted by Crippen LogP contribution is -2.28. The van der Waals surface area contributed by atoms with E-state index in [0.717, 1.165) is 0 Å². The van der Waals surface area contributed by atoms with Crippen LogP contribution in [0.4, 0.5) is 0 Å². The van der Waals surface area contributed by atoms with Gasteiger partial charge in [0, 0.05) is 0 Å². The maximum absolute atomic E-state index is 2.52. The van der Waals surface area contributed by atoms with Gasteiger partial charge in [0.1, 0.15) is 0 Å². The lowest BCUT2D eigenvalue weighted by Gasteiger charge is -2.41. The lowest BCUT2D eigenvalue weighted by molar-refractivity contribution is 0.337. The normalized spacial score (nSPS) is 22.7. The van der Waals surface area contributed by atoms with Crippen LogP contribution in [-0.2, 0) is 0 Å². The van der Waals surface area contributed by atoms with E-state index in [-0.39, 0.29) is 0 Å². The van der Waals surface area contributed by atoms with E-state index in [4.69, 9.17) is 0 Å². The second kappa shape index (κ2) is 8.84. The Kier molecular flexibility index (Phi) is 5.15. The van der Waals surface area contributed by atoms with Crippen molar-refractivity contribution < 1.29 is 0 Å². The summed E-state index contributed by atoms with van der Waals surface area (Å²) >= 11 is 0. The maximum atomic E-state index is 2.52. The summed E-state index contributed by atoms with van der Waals surface area (Å²) in [6.07, 6.45) is 16.0. The zero-order chi connectivity index (χ0) is 25.1. The van der Waals surface area contributed by atoms with Gasteiger partial charge in [-0.2, -0.15) is 0 Å². The van der Waals surface area contributed by atoms with Crippen LogP contribution in [0.5, 0.6) is 0 Å². The zero-order valence-electron chi connectivity index (χ0n) is 21.7. The van der Waals surface area contributed by atoms with Gasteiger partial charge in [0.2, 0.25) is 0 Å². The highest BCUT2D eigenvalue weighted by Gasteiger charge is 2.37. The summed E-state index contributed by atoms with van der Waals surface area (Å²) in [7, 11) is 0. The summed E-state index contributed by atoms with van der Waals surface area (Å²) in [6.45, 7) is 0. The molecule has 184 valence electrons. The van der Waals surface area contributed by atoms with E-state index in [9.17, 15) is 0 Å². The predicted octanol–water partition coefficient (Wildman–Crippen LogP) is 10.5. The topological polar surface area (TPSA) is 0 Å². The van der Waals surface area contributed by atoms with Crippen molar-refractivity contribution in [1.29, 1.82) is 0 Å². The molecule has 8 rings (SSSR count). The second-order valence-corrected chi connectivity index (χ2v) is 11.5. The smallest absolute Gasteiger partial charge is 0.00868 e. The molecule has 0 aliphatic heterocycles. The van der Waals surface area contributed by atoms with Crippen molar-refractivity contribution in [2.24, 2.45) is 11.8 Å². The van der Waals surface area contributed by atoms with Gasteiger partial charge >= 0.3 is 0 Å². The first-order valence-electron chi connectivity index (χ1n) is 14.4. The van der Waals surface area contributed by atoms with Crippen molar-refractivity contribution in [3.05, 3.63) is 132 Å². The van der Waals surface area contributed by atoms with E-state index < -0.39 is 0 Å². The Morgan fingerprint density at radius 2 is 1.29 bits per heavy atom. The average molecular weight is 489 g/mol. The van der Waals surface area contributed by atoms with Gasteiger partial charge in [-0.15, -0.1) is 0 Å². The first kappa shape index (κ1) is 22.1. The first-order valence-corrected chi connectivity index (χ1v) is 14.4. The van der Waals surface area contributed by atoms with Crippen LogP contribution in [0, 0.1) is 11.8 Å². The van der Waals surface area contributed by atoms with Crippen LogP contribution in [0.2, 0.25) is 0 Å². The molecule has 3 unspecified atom stereocenters. The quantitative estimate of drug-likeness (QED) is 0.217. The van der Waals surface area contributed by atoms with Gasteiger partial charge in [0.15, 0.2) is 0 Å². The Morgan fingerprint density at radius 3 is 2.21 bits per heavy atom. The fourth-order valence-corrected chi connectivity index (χ4v) is 7.67. The molecule has 0 fully saturated rings. The highest BCUT2D eigenvalue weighted by atomic mass is 14.4. The van der Waals surface area contributed by atoms with Gasteiger partial charge < -0.3 is 0 Å². The predicted molar refractivity (Wildman–Crippen MR) is 163 cm³/mol. The highest BCUT2D eigenvalue weighted by Crippen LogP contribution is 2.51. The molecule has 0 saturated heterocycles. The molecule has 0 nitrogen and oxygen atoms in total. The molecular formula is C38H32. The number of fused-ring (bicyclic) bond motifs is 6. The molecule has 0 N–H and O–H groups in total. The molecule has 0 amide bonds. The number of benzene rings is 5. The number of hydrogen-bond donors (Lipinski definition) is 0. The molecular weight excluding hydrogens is 456 g/mol. The number of hydrogen-bond acceptors (Lipinski definition) is 0. The van der Waals surface area contributed by atoms with Gasteiger partial charge in [0.25, 0.3) is 0 Å². The number of allylic oxidation sites excluding steroid dienone is 6. The molecule has 0 heteroatoms. The van der Waals surface area contributed by atoms with Crippen molar-refractivity contribution in [1.82, 2.24) is 0 Å². The molecule has 38 heavy (non-hydrogen) atoms. The van der Waals surface area contributed by atoms with Crippen molar-refractivity contribution in [3.8, 4) is 11.1 Å². The third kappa shape index (κ3) is 3.51. The van der Waals surface area contributed by atoms with Crippen LogP contribution in [0.25, 0.3) is 43.4 Å². The second-order valence-electron chi connectivity index (χ2n) is 11.5. The summed E-state index contributed by atoms with van der Waals surface area (Å²) in [4.78, 5) is 0. The largest absolute Gasteiger partial charge is 0.0842 e. The maximum Gasteiger partial charge on any atom is -0.00868 e. The van der Waals surface area contributed by atoms with E-state index >= 15 is 0 Å². The van der Waals surface area contributed by atoms with Crippen molar-refractivity contribution >= 4 is 32.3 Å². The molecule has 0 bridgehead atoms. The third-order valence-corrected chi connectivity index (χ3v) is 9.49. The molecule has 5 aromatic rings. The standard InChI is InChI=1S/C38H32/c1-3-11-31-26(9-1)23-37(35-15-7-5-13-33(31)35)28-19-17-25-18-20-29(22-30(25)21-28)38-24-27-10-2-4-12-32(27)34-14-6-8-16-36(34)38/h1,3-7,9,11-15,17-23,27,36,38H,2,8,10,16,24H2. The third-order valence-electron chi connectivity index (χ3n) is 9.49. The van der Waals surface area contributed by atoms with E-state index in [2.05, 4.69) is 115 Å². The fraction of sp³-hybridized carbons (Fsp3) is 0.211. The van der Waals surface area contributed by atoms with Gasteiger partial charge in [-0.3, -0.25) is 0 Å². The van der Waals surface area contributed by atoms with Crippen LogP contribution in [-0.4, -0.2) is 0 Å². The van der Waals surface area contributed by atoms with Crippen LogP contribution >= 0.6 is 0 Å². The summed E-state index contributed by atoms with van der Waals surface area (Å²) in [6, 6.07) is 34.4. The number of rotatable bonds is 2. The molecule has 3 aliphatic carbocycles. The van der Waals surface area contributed by atoms with Crippen molar-refractivity contribution in [2.45, 2.75) is 38.0 Å². The van der Waals surface area contributed by atoms with E-state index in [0.29, 0.717) is 17.8 Å². The Hall–Kier alpha value is -3.90. The SMILES string of the molecule is C1=CC2=C3C=CCCC3C(c3ccc4ccc(-c5cc6ccccc6c6ccccc56)cc4c3)CC2CC1. The molecule has 3 aliphatic rings. The minimum atomic E-state index is 0.616. The lowest BCUT2D eigenvalue weighted by atomic mass is 9.63. The molecule has 0 saturated carbocycles. The van der Waals surface area contributed by atoms with Crippen LogP contribution in [0.15, 0.2) is 126 Å². The van der Waals surface area contributed by atoms with Gasteiger partial charge in [-0.25, -0.2) is 0 Å². The fourth-order valence-electron chi connectivity index (χ4n) is 7.67. The Balaban J connectivity index is 1.26. The summed E-state index contributed by atoms with van der Waals surface area (Å²) in [5, 5.41) is 7.99.